The van der Waals surface area contributed by atoms with Gasteiger partial charge in [-0.2, -0.15) is 0 Å². The van der Waals surface area contributed by atoms with Gasteiger partial charge in [0, 0.05) is 22.7 Å². The van der Waals surface area contributed by atoms with E-state index in [4.69, 9.17) is 5.26 Å². The Bertz CT molecular complexity index is 791. The summed E-state index contributed by atoms with van der Waals surface area (Å²) >= 11 is 3.24. The fourth-order valence-electron chi connectivity index (χ4n) is 3.08. The van der Waals surface area contributed by atoms with Crippen LogP contribution in [-0.4, -0.2) is 11.3 Å². The maximum absolute atomic E-state index is 14.1. The van der Waals surface area contributed by atoms with E-state index in [1.807, 2.05) is 0 Å². The fraction of sp³-hybridized carbons (Fsp3) is 0.333. The molecule has 0 aliphatic carbocycles. The highest BCUT2D eigenvalue weighted by Crippen LogP contribution is 2.29. The number of hydrogen-bond donors (Lipinski definition) is 0. The van der Waals surface area contributed by atoms with Gasteiger partial charge in [0.25, 0.3) is 12.3 Å². The Morgan fingerprint density at radius 3 is 2.76 bits per heavy atom. The maximum Gasteiger partial charge on any atom is 0.268 e. The zero-order chi connectivity index (χ0) is 15.0. The number of fused-ring (bicyclic) bond motifs is 1. The Balaban J connectivity index is 2.04. The smallest absolute Gasteiger partial charge is 0.268 e. The minimum Gasteiger partial charge on any atom is -0.312 e. The summed E-state index contributed by atoms with van der Waals surface area (Å²) in [5, 5.41) is 9.68. The average Bonchev–Trinajstić information content (AvgIpc) is 2.47. The number of halogens is 2. The van der Waals surface area contributed by atoms with Gasteiger partial charge >= 0.3 is 0 Å². The van der Waals surface area contributed by atoms with Crippen LogP contribution < -0.4 is 5.56 Å². The minimum atomic E-state index is -0.496. The molecule has 0 N–H and O–H groups in total. The molecule has 106 valence electrons. The molecule has 2 aromatic rings. The molecule has 0 bridgehead atoms. The van der Waals surface area contributed by atoms with Crippen LogP contribution in [-0.2, 0) is 0 Å². The number of rotatable bonds is 1. The molecule has 0 unspecified atom stereocenters. The van der Waals surface area contributed by atoms with Crippen molar-refractivity contribution in [1.29, 1.82) is 5.26 Å². The van der Waals surface area contributed by atoms with E-state index in [0.717, 1.165) is 25.5 Å². The molecule has 1 aromatic carbocycles. The molecule has 3 rings (SSSR count). The number of hydrogen-bond acceptors (Lipinski definition) is 2. The lowest BCUT2D eigenvalue weighted by Gasteiger charge is -2.25. The van der Waals surface area contributed by atoms with E-state index in [0.29, 0.717) is 9.86 Å². The monoisotopic (exact) mass is 346 g/mol. The fourth-order valence-corrected chi connectivity index (χ4v) is 3.53. The Hall–Kier alpha value is -1.61. The van der Waals surface area contributed by atoms with Crippen molar-refractivity contribution in [3.8, 4) is 5.97 Å². The van der Waals surface area contributed by atoms with Crippen LogP contribution >= 0.6 is 15.9 Å². The number of pyridine rings is 1. The first-order valence-electron chi connectivity index (χ1n) is 6.99. The van der Waals surface area contributed by atoms with Gasteiger partial charge in [0.2, 0.25) is 0 Å². The molecule has 1 aliphatic rings. The van der Waals surface area contributed by atoms with E-state index in [-0.39, 0.29) is 23.7 Å². The van der Waals surface area contributed by atoms with Crippen LogP contribution in [0.5, 0.6) is 0 Å². The molecule has 0 atom stereocenters. The molecular formula is C15H13BBrFN2O. The third kappa shape index (κ3) is 2.63. The Morgan fingerprint density at radius 2 is 2.10 bits per heavy atom. The van der Waals surface area contributed by atoms with Gasteiger partial charge in [0.05, 0.1) is 5.39 Å². The second kappa shape index (κ2) is 5.65. The molecule has 0 saturated carbocycles. The van der Waals surface area contributed by atoms with Crippen LogP contribution in [0.1, 0.15) is 18.9 Å². The molecule has 0 radical (unpaired) electrons. The van der Waals surface area contributed by atoms with Crippen molar-refractivity contribution in [2.24, 2.45) is 0 Å². The number of benzene rings is 1. The van der Waals surface area contributed by atoms with Gasteiger partial charge in [-0.25, -0.2) is 9.65 Å². The molecular weight excluding hydrogens is 334 g/mol. The SMILES string of the molecule is N#CB1CCC(n2ccc3cc(Br)cc(F)c3c2=O)CC1. The first kappa shape index (κ1) is 14.3. The summed E-state index contributed by atoms with van der Waals surface area (Å²) in [7, 11) is 0. The lowest BCUT2D eigenvalue weighted by Crippen LogP contribution is -2.29. The molecule has 0 amide bonds. The number of nitriles is 1. The first-order valence-corrected chi connectivity index (χ1v) is 7.79. The average molecular weight is 347 g/mol. The van der Waals surface area contributed by atoms with Gasteiger partial charge in [-0.3, -0.25) is 4.79 Å². The normalized spacial score (nSPS) is 16.1. The molecule has 6 heteroatoms. The molecule has 1 saturated heterocycles. The Morgan fingerprint density at radius 1 is 1.38 bits per heavy atom. The van der Waals surface area contributed by atoms with E-state index in [1.165, 1.54) is 6.07 Å². The molecule has 3 nitrogen and oxygen atoms in total. The zero-order valence-corrected chi connectivity index (χ0v) is 12.9. The zero-order valence-electron chi connectivity index (χ0n) is 11.4. The predicted molar refractivity (Wildman–Crippen MR) is 85.1 cm³/mol. The van der Waals surface area contributed by atoms with E-state index in [1.54, 1.807) is 22.9 Å². The second-order valence-corrected chi connectivity index (χ2v) is 6.43. The van der Waals surface area contributed by atoms with Crippen molar-refractivity contribution in [1.82, 2.24) is 4.57 Å². The van der Waals surface area contributed by atoms with Crippen molar-refractivity contribution in [2.45, 2.75) is 31.5 Å². The molecule has 0 spiro atoms. The molecule has 1 fully saturated rings. The van der Waals surface area contributed by atoms with Gasteiger partial charge in [0.15, 0.2) is 0 Å². The van der Waals surface area contributed by atoms with Crippen molar-refractivity contribution in [2.75, 3.05) is 0 Å². The Kier molecular flexibility index (Phi) is 3.86. The van der Waals surface area contributed by atoms with E-state index >= 15 is 0 Å². The van der Waals surface area contributed by atoms with Crippen molar-refractivity contribution in [3.63, 3.8) is 0 Å². The van der Waals surface area contributed by atoms with Crippen molar-refractivity contribution < 1.29 is 4.39 Å². The lowest BCUT2D eigenvalue weighted by atomic mass is 9.42. The summed E-state index contributed by atoms with van der Waals surface area (Å²) in [5.74, 6) is 1.79. The van der Waals surface area contributed by atoms with Crippen LogP contribution in [0.2, 0.25) is 12.6 Å². The van der Waals surface area contributed by atoms with Crippen molar-refractivity contribution in [3.05, 3.63) is 45.0 Å². The largest absolute Gasteiger partial charge is 0.312 e. The summed E-state index contributed by atoms with van der Waals surface area (Å²) in [5.41, 5.74) is -0.280. The van der Waals surface area contributed by atoms with Gasteiger partial charge in [-0.15, -0.1) is 0 Å². The highest BCUT2D eigenvalue weighted by atomic mass is 79.9. The molecule has 1 aromatic heterocycles. The summed E-state index contributed by atoms with van der Waals surface area (Å²) in [6, 6.07) is 4.91. The summed E-state index contributed by atoms with van der Waals surface area (Å²) < 4.78 is 16.3. The first-order chi connectivity index (χ1) is 10.1. The van der Waals surface area contributed by atoms with Crippen LogP contribution in [0.4, 0.5) is 4.39 Å². The van der Waals surface area contributed by atoms with Crippen LogP contribution in [0.25, 0.3) is 10.8 Å². The Labute approximate surface area is 130 Å². The number of nitrogens with zero attached hydrogens (tertiary/aromatic N) is 2. The summed E-state index contributed by atoms with van der Waals surface area (Å²) in [6.45, 7) is 0.0881. The standard InChI is InChI=1S/C15H13BBrFN2O/c17-11-7-10-3-6-20(15(21)14(10)13(18)8-11)12-1-4-16(9-19)5-2-12/h3,6-8,12H,1-2,4-5H2. The summed E-state index contributed by atoms with van der Waals surface area (Å²) in [4.78, 5) is 12.6. The van der Waals surface area contributed by atoms with Gasteiger partial charge < -0.3 is 4.57 Å². The third-order valence-electron chi connectivity index (χ3n) is 4.22. The van der Waals surface area contributed by atoms with Gasteiger partial charge in [-0.1, -0.05) is 28.6 Å². The predicted octanol–water partition coefficient (Wildman–Crippen LogP) is 3.80. The third-order valence-corrected chi connectivity index (χ3v) is 4.68. The lowest BCUT2D eigenvalue weighted by molar-refractivity contribution is 0.444. The highest BCUT2D eigenvalue weighted by Gasteiger charge is 2.26. The number of aromatic nitrogens is 1. The quantitative estimate of drug-likeness (QED) is 0.737. The second-order valence-electron chi connectivity index (χ2n) is 5.51. The molecule has 2 heterocycles. The minimum absolute atomic E-state index is 0.0644. The van der Waals surface area contributed by atoms with Crippen LogP contribution in [0, 0.1) is 17.0 Å². The van der Waals surface area contributed by atoms with Gasteiger partial charge in [-0.05, 0) is 36.4 Å². The van der Waals surface area contributed by atoms with Crippen molar-refractivity contribution >= 4 is 33.4 Å². The van der Waals surface area contributed by atoms with E-state index in [2.05, 4.69) is 21.9 Å². The topological polar surface area (TPSA) is 45.8 Å². The molecule has 21 heavy (non-hydrogen) atoms. The van der Waals surface area contributed by atoms with Crippen LogP contribution in [0.3, 0.4) is 0 Å². The van der Waals surface area contributed by atoms with Gasteiger partial charge in [0.1, 0.15) is 5.82 Å². The molecule has 1 aliphatic heterocycles. The maximum atomic E-state index is 14.1. The highest BCUT2D eigenvalue weighted by molar-refractivity contribution is 9.10. The van der Waals surface area contributed by atoms with Crippen LogP contribution in [0.15, 0.2) is 33.7 Å². The summed E-state index contributed by atoms with van der Waals surface area (Å²) in [6.07, 6.45) is 4.93. The van der Waals surface area contributed by atoms with E-state index < -0.39 is 5.82 Å². The van der Waals surface area contributed by atoms with E-state index in [9.17, 15) is 9.18 Å².